The second kappa shape index (κ2) is 8.57. The van der Waals surface area contributed by atoms with Gasteiger partial charge in [-0.25, -0.2) is 9.82 Å². The molecule has 6 nitrogen and oxygen atoms in total. The van der Waals surface area contributed by atoms with Crippen LogP contribution in [0.1, 0.15) is 50.1 Å². The summed E-state index contributed by atoms with van der Waals surface area (Å²) in [6.07, 6.45) is 5.57. The molecule has 2 amide bonds. The first-order valence-electron chi connectivity index (χ1n) is 10.4. The van der Waals surface area contributed by atoms with Gasteiger partial charge in [-0.05, 0) is 44.1 Å². The Morgan fingerprint density at radius 3 is 2.61 bits per heavy atom. The van der Waals surface area contributed by atoms with E-state index in [1.807, 2.05) is 4.90 Å². The number of halogens is 1. The van der Waals surface area contributed by atoms with Crippen LogP contribution in [0.4, 0.5) is 4.39 Å². The molecule has 0 bridgehead atoms. The first-order chi connectivity index (χ1) is 13.6. The van der Waals surface area contributed by atoms with Crippen molar-refractivity contribution in [1.29, 1.82) is 0 Å². The number of carbonyl (C=O) groups excluding carboxylic acids is 2. The van der Waals surface area contributed by atoms with Crippen LogP contribution in [0.2, 0.25) is 0 Å². The molecule has 2 aliphatic heterocycles. The van der Waals surface area contributed by atoms with Gasteiger partial charge in [-0.15, -0.1) is 0 Å². The molecule has 0 aromatic heterocycles. The molecule has 1 aliphatic carbocycles. The van der Waals surface area contributed by atoms with Gasteiger partial charge in [0.05, 0.1) is 12.0 Å². The molecule has 1 saturated carbocycles. The molecule has 4 rings (SSSR count). The number of hydrogen-bond acceptors (Lipinski definition) is 4. The molecular formula is C21H29FN4O2. The van der Waals surface area contributed by atoms with E-state index < -0.39 is 0 Å². The lowest BCUT2D eigenvalue weighted by Gasteiger charge is -2.34. The molecule has 2 heterocycles. The first-order valence-corrected chi connectivity index (χ1v) is 10.4. The number of nitrogens with zero attached hydrogens (tertiary/aromatic N) is 1. The van der Waals surface area contributed by atoms with Crippen molar-refractivity contribution in [2.45, 2.75) is 50.6 Å². The zero-order chi connectivity index (χ0) is 19.5. The van der Waals surface area contributed by atoms with Crippen LogP contribution >= 0.6 is 0 Å². The molecule has 1 aromatic carbocycles. The lowest BCUT2D eigenvalue weighted by molar-refractivity contribution is -0.137. The largest absolute Gasteiger partial charge is 0.353 e. The molecule has 152 valence electrons. The Hall–Kier alpha value is -1.99. The van der Waals surface area contributed by atoms with Gasteiger partial charge in [-0.1, -0.05) is 18.2 Å². The SMILES string of the molecule is O=C(CCC1CCN(C(=O)C2CNNC2c2ccccc2F)CC1)NC1CC1. The summed E-state index contributed by atoms with van der Waals surface area (Å²) in [5.74, 6) is 0.145. The summed E-state index contributed by atoms with van der Waals surface area (Å²) < 4.78 is 14.2. The Morgan fingerprint density at radius 2 is 1.89 bits per heavy atom. The standard InChI is InChI=1S/C21H29FN4O2/c22-18-4-2-1-3-16(18)20-17(13-23-25-20)21(28)26-11-9-14(10-12-26)5-8-19(27)24-15-6-7-15/h1-4,14-15,17,20,23,25H,5-13H2,(H,24,27). The monoisotopic (exact) mass is 388 g/mol. The Labute approximate surface area is 165 Å². The van der Waals surface area contributed by atoms with Gasteiger partial charge in [-0.2, -0.15) is 0 Å². The molecular weight excluding hydrogens is 359 g/mol. The van der Waals surface area contributed by atoms with E-state index in [-0.39, 0.29) is 29.6 Å². The third-order valence-electron chi connectivity index (χ3n) is 6.19. The zero-order valence-corrected chi connectivity index (χ0v) is 16.1. The molecule has 0 radical (unpaired) electrons. The Kier molecular flexibility index (Phi) is 5.92. The summed E-state index contributed by atoms with van der Waals surface area (Å²) in [5.41, 5.74) is 6.62. The predicted octanol–water partition coefficient (Wildman–Crippen LogP) is 1.89. The molecule has 7 heteroatoms. The van der Waals surface area contributed by atoms with Crippen molar-refractivity contribution in [2.75, 3.05) is 19.6 Å². The molecule has 1 aromatic rings. The zero-order valence-electron chi connectivity index (χ0n) is 16.1. The normalized spacial score (nSPS) is 25.7. The minimum absolute atomic E-state index is 0.0793. The molecule has 2 unspecified atom stereocenters. The summed E-state index contributed by atoms with van der Waals surface area (Å²) >= 11 is 0. The topological polar surface area (TPSA) is 73.5 Å². The second-order valence-corrected chi connectivity index (χ2v) is 8.28. The summed E-state index contributed by atoms with van der Waals surface area (Å²) in [6, 6.07) is 6.69. The number of piperidine rings is 1. The van der Waals surface area contributed by atoms with Crippen molar-refractivity contribution in [2.24, 2.45) is 11.8 Å². The fourth-order valence-corrected chi connectivity index (χ4v) is 4.29. The van der Waals surface area contributed by atoms with Gasteiger partial charge in [0.2, 0.25) is 11.8 Å². The van der Waals surface area contributed by atoms with Crippen LogP contribution < -0.4 is 16.2 Å². The van der Waals surface area contributed by atoms with Gasteiger partial charge in [0.1, 0.15) is 5.82 Å². The van der Waals surface area contributed by atoms with Crippen LogP contribution in [-0.4, -0.2) is 42.4 Å². The van der Waals surface area contributed by atoms with Gasteiger partial charge in [0, 0.05) is 37.7 Å². The third-order valence-corrected chi connectivity index (χ3v) is 6.19. The summed E-state index contributed by atoms with van der Waals surface area (Å²) in [4.78, 5) is 26.8. The molecule has 2 atom stereocenters. The summed E-state index contributed by atoms with van der Waals surface area (Å²) in [7, 11) is 0. The average Bonchev–Trinajstić information content (AvgIpc) is 3.39. The molecule has 3 fully saturated rings. The van der Waals surface area contributed by atoms with E-state index in [1.54, 1.807) is 18.2 Å². The van der Waals surface area contributed by atoms with E-state index in [2.05, 4.69) is 16.2 Å². The van der Waals surface area contributed by atoms with Crippen molar-refractivity contribution >= 4 is 11.8 Å². The minimum atomic E-state index is -0.349. The number of hydrogen-bond donors (Lipinski definition) is 3. The molecule has 0 spiro atoms. The number of hydrazine groups is 1. The fraction of sp³-hybridized carbons (Fsp3) is 0.619. The van der Waals surface area contributed by atoms with Crippen LogP contribution in [0.3, 0.4) is 0 Å². The summed E-state index contributed by atoms with van der Waals surface area (Å²) in [6.45, 7) is 1.93. The van der Waals surface area contributed by atoms with Crippen LogP contribution in [0.5, 0.6) is 0 Å². The van der Waals surface area contributed by atoms with Crippen molar-refractivity contribution in [3.05, 3.63) is 35.6 Å². The van der Waals surface area contributed by atoms with Crippen molar-refractivity contribution in [3.8, 4) is 0 Å². The maximum atomic E-state index is 14.2. The highest BCUT2D eigenvalue weighted by atomic mass is 19.1. The number of nitrogens with one attached hydrogen (secondary N) is 3. The highest BCUT2D eigenvalue weighted by molar-refractivity contribution is 5.80. The van der Waals surface area contributed by atoms with Crippen molar-refractivity contribution in [3.63, 3.8) is 0 Å². The van der Waals surface area contributed by atoms with Crippen LogP contribution in [0, 0.1) is 17.7 Å². The van der Waals surface area contributed by atoms with E-state index in [0.717, 1.165) is 32.1 Å². The van der Waals surface area contributed by atoms with E-state index in [0.29, 0.717) is 43.6 Å². The van der Waals surface area contributed by atoms with Gasteiger partial charge >= 0.3 is 0 Å². The van der Waals surface area contributed by atoms with Crippen LogP contribution in [-0.2, 0) is 9.59 Å². The number of likely N-dealkylation sites (tertiary alicyclic amines) is 1. The van der Waals surface area contributed by atoms with Crippen LogP contribution in [0.25, 0.3) is 0 Å². The lowest BCUT2D eigenvalue weighted by Crippen LogP contribution is -2.44. The van der Waals surface area contributed by atoms with Crippen molar-refractivity contribution in [1.82, 2.24) is 21.1 Å². The third kappa shape index (κ3) is 4.52. The molecule has 3 N–H and O–H groups in total. The highest BCUT2D eigenvalue weighted by Gasteiger charge is 2.38. The lowest BCUT2D eigenvalue weighted by atomic mass is 9.89. The van der Waals surface area contributed by atoms with Gasteiger partial charge in [0.15, 0.2) is 0 Å². The van der Waals surface area contributed by atoms with E-state index in [1.165, 1.54) is 6.07 Å². The number of amides is 2. The second-order valence-electron chi connectivity index (χ2n) is 8.28. The molecule has 28 heavy (non-hydrogen) atoms. The predicted molar refractivity (Wildman–Crippen MR) is 103 cm³/mol. The number of carbonyl (C=O) groups is 2. The summed E-state index contributed by atoms with van der Waals surface area (Å²) in [5, 5.41) is 3.03. The fourth-order valence-electron chi connectivity index (χ4n) is 4.29. The van der Waals surface area contributed by atoms with Gasteiger partial charge < -0.3 is 10.2 Å². The first kappa shape index (κ1) is 19.3. The highest BCUT2D eigenvalue weighted by Crippen LogP contribution is 2.30. The smallest absolute Gasteiger partial charge is 0.229 e. The average molecular weight is 388 g/mol. The van der Waals surface area contributed by atoms with Crippen molar-refractivity contribution < 1.29 is 14.0 Å². The molecule has 3 aliphatic rings. The van der Waals surface area contributed by atoms with E-state index >= 15 is 0 Å². The van der Waals surface area contributed by atoms with E-state index in [9.17, 15) is 14.0 Å². The quantitative estimate of drug-likeness (QED) is 0.696. The maximum absolute atomic E-state index is 14.2. The van der Waals surface area contributed by atoms with E-state index in [4.69, 9.17) is 0 Å². The van der Waals surface area contributed by atoms with Gasteiger partial charge in [-0.3, -0.25) is 15.0 Å². The molecule has 2 saturated heterocycles. The van der Waals surface area contributed by atoms with Gasteiger partial charge in [0.25, 0.3) is 0 Å². The Bertz CT molecular complexity index is 716. The number of rotatable bonds is 6. The minimum Gasteiger partial charge on any atom is -0.353 e. The number of benzene rings is 1. The Morgan fingerprint density at radius 1 is 1.14 bits per heavy atom. The Balaban J connectivity index is 1.27. The van der Waals surface area contributed by atoms with Crippen LogP contribution in [0.15, 0.2) is 24.3 Å². The maximum Gasteiger partial charge on any atom is 0.229 e.